The normalized spacial score (nSPS) is 14.6. The lowest BCUT2D eigenvalue weighted by molar-refractivity contribution is 0.173. The highest BCUT2D eigenvalue weighted by Gasteiger charge is 2.18. The number of fused-ring (bicyclic) bond motifs is 1. The molecular formula is C14H14BrNO3. The summed E-state index contributed by atoms with van der Waals surface area (Å²) in [5.41, 5.74) is 1.13. The van der Waals surface area contributed by atoms with E-state index >= 15 is 0 Å². The van der Waals surface area contributed by atoms with Gasteiger partial charge in [0.25, 0.3) is 0 Å². The number of hydrogen-bond acceptors (Lipinski definition) is 4. The number of ether oxygens (including phenoxy) is 2. The van der Waals surface area contributed by atoms with Crippen LogP contribution in [0.25, 0.3) is 0 Å². The number of halogens is 1. The molecule has 1 unspecified atom stereocenters. The van der Waals surface area contributed by atoms with Gasteiger partial charge in [-0.3, -0.25) is 0 Å². The van der Waals surface area contributed by atoms with Crippen LogP contribution in [0.3, 0.4) is 0 Å². The molecule has 1 aromatic carbocycles. The molecule has 0 aliphatic carbocycles. The van der Waals surface area contributed by atoms with E-state index in [2.05, 4.69) is 28.2 Å². The van der Waals surface area contributed by atoms with Crippen molar-refractivity contribution in [1.82, 2.24) is 5.32 Å². The van der Waals surface area contributed by atoms with E-state index in [1.165, 1.54) is 0 Å². The van der Waals surface area contributed by atoms with Crippen molar-refractivity contribution >= 4 is 15.9 Å². The van der Waals surface area contributed by atoms with Gasteiger partial charge in [0, 0.05) is 6.54 Å². The molecule has 0 saturated carbocycles. The van der Waals surface area contributed by atoms with Crippen molar-refractivity contribution in [2.24, 2.45) is 0 Å². The van der Waals surface area contributed by atoms with Crippen molar-refractivity contribution in [2.45, 2.75) is 19.5 Å². The van der Waals surface area contributed by atoms with Crippen molar-refractivity contribution in [3.8, 4) is 11.5 Å². The fraction of sp³-hybridized carbons (Fsp3) is 0.286. The second-order valence-electron chi connectivity index (χ2n) is 4.43. The van der Waals surface area contributed by atoms with Crippen molar-refractivity contribution in [1.29, 1.82) is 0 Å². The second kappa shape index (κ2) is 5.27. The summed E-state index contributed by atoms with van der Waals surface area (Å²) in [5, 5.41) is 3.41. The average molecular weight is 324 g/mol. The summed E-state index contributed by atoms with van der Waals surface area (Å²) in [6.07, 6.45) is 1.69. The van der Waals surface area contributed by atoms with Crippen LogP contribution >= 0.6 is 15.9 Å². The minimum atomic E-state index is 0.166. The molecule has 4 nitrogen and oxygen atoms in total. The van der Waals surface area contributed by atoms with Crippen LogP contribution in [0.4, 0.5) is 0 Å². The first-order chi connectivity index (χ1) is 9.24. The highest BCUT2D eigenvalue weighted by Crippen LogP contribution is 2.40. The second-order valence-corrected chi connectivity index (χ2v) is 5.28. The van der Waals surface area contributed by atoms with Gasteiger partial charge in [-0.05, 0) is 52.7 Å². The minimum Gasteiger partial charge on any atom is -0.468 e. The molecule has 0 bridgehead atoms. The molecule has 100 valence electrons. The molecule has 5 heteroatoms. The van der Waals surface area contributed by atoms with Gasteiger partial charge in [-0.1, -0.05) is 0 Å². The van der Waals surface area contributed by atoms with Crippen LogP contribution in [0.1, 0.15) is 24.3 Å². The van der Waals surface area contributed by atoms with Crippen LogP contribution < -0.4 is 14.8 Å². The fourth-order valence-corrected chi connectivity index (χ4v) is 2.64. The van der Waals surface area contributed by atoms with Crippen molar-refractivity contribution in [3.05, 3.63) is 46.3 Å². The Morgan fingerprint density at radius 1 is 1.37 bits per heavy atom. The van der Waals surface area contributed by atoms with E-state index in [1.807, 2.05) is 24.3 Å². The Kier molecular flexibility index (Phi) is 3.48. The first kappa shape index (κ1) is 12.6. The Balaban J connectivity index is 1.69. The Labute approximate surface area is 119 Å². The molecule has 1 aliphatic rings. The van der Waals surface area contributed by atoms with Gasteiger partial charge in [-0.2, -0.15) is 0 Å². The van der Waals surface area contributed by atoms with Gasteiger partial charge in [0.1, 0.15) is 5.76 Å². The standard InChI is InChI=1S/C14H14BrNO3/c1-9(12-3-2-4-17-12)16-7-10-5-11(15)14-13(6-10)18-8-19-14/h2-6,9,16H,7-8H2,1H3. The molecule has 0 spiro atoms. The summed E-state index contributed by atoms with van der Waals surface area (Å²) in [6.45, 7) is 3.09. The van der Waals surface area contributed by atoms with Gasteiger partial charge < -0.3 is 19.2 Å². The van der Waals surface area contributed by atoms with E-state index in [4.69, 9.17) is 13.9 Å². The van der Waals surface area contributed by atoms with Gasteiger partial charge in [-0.15, -0.1) is 0 Å². The average Bonchev–Trinajstić information content (AvgIpc) is 3.06. The summed E-state index contributed by atoms with van der Waals surface area (Å²) < 4.78 is 17.1. The summed E-state index contributed by atoms with van der Waals surface area (Å²) in [6, 6.07) is 8.06. The monoisotopic (exact) mass is 323 g/mol. The Morgan fingerprint density at radius 2 is 2.26 bits per heavy atom. The van der Waals surface area contributed by atoms with Gasteiger partial charge >= 0.3 is 0 Å². The third-order valence-electron chi connectivity index (χ3n) is 3.07. The number of benzene rings is 1. The maximum Gasteiger partial charge on any atom is 0.231 e. The molecule has 0 saturated heterocycles. The molecule has 0 fully saturated rings. The number of rotatable bonds is 4. The maximum absolute atomic E-state index is 5.40. The first-order valence-corrected chi connectivity index (χ1v) is 6.88. The van der Waals surface area contributed by atoms with Crippen LogP contribution in [0.2, 0.25) is 0 Å². The van der Waals surface area contributed by atoms with Crippen LogP contribution in [0, 0.1) is 0 Å². The first-order valence-electron chi connectivity index (χ1n) is 6.09. The van der Waals surface area contributed by atoms with Crippen molar-refractivity contribution in [3.63, 3.8) is 0 Å². The van der Waals surface area contributed by atoms with E-state index in [1.54, 1.807) is 6.26 Å². The van der Waals surface area contributed by atoms with Crippen LogP contribution in [-0.2, 0) is 6.54 Å². The quantitative estimate of drug-likeness (QED) is 0.933. The highest BCUT2D eigenvalue weighted by molar-refractivity contribution is 9.10. The minimum absolute atomic E-state index is 0.166. The molecule has 2 aromatic rings. The van der Waals surface area contributed by atoms with Crippen LogP contribution in [0.5, 0.6) is 11.5 Å². The lowest BCUT2D eigenvalue weighted by Gasteiger charge is -2.12. The van der Waals surface area contributed by atoms with Gasteiger partial charge in [0.2, 0.25) is 6.79 Å². The molecular weight excluding hydrogens is 310 g/mol. The van der Waals surface area contributed by atoms with E-state index in [9.17, 15) is 0 Å². The lowest BCUT2D eigenvalue weighted by Crippen LogP contribution is -2.17. The van der Waals surface area contributed by atoms with E-state index < -0.39 is 0 Å². The molecule has 2 heterocycles. The molecule has 1 N–H and O–H groups in total. The topological polar surface area (TPSA) is 43.6 Å². The van der Waals surface area contributed by atoms with Crippen molar-refractivity contribution in [2.75, 3.05) is 6.79 Å². The van der Waals surface area contributed by atoms with E-state index in [-0.39, 0.29) is 12.8 Å². The molecule has 0 amide bonds. The molecule has 3 rings (SSSR count). The summed E-state index contributed by atoms with van der Waals surface area (Å²) in [7, 11) is 0. The number of nitrogens with one attached hydrogen (secondary N) is 1. The predicted molar refractivity (Wildman–Crippen MR) is 74.2 cm³/mol. The van der Waals surface area contributed by atoms with Crippen molar-refractivity contribution < 1.29 is 13.9 Å². The third kappa shape index (κ3) is 2.62. The molecule has 1 atom stereocenters. The van der Waals surface area contributed by atoms with Crippen LogP contribution in [0.15, 0.2) is 39.4 Å². The Bertz CT molecular complexity index is 568. The number of hydrogen-bond donors (Lipinski definition) is 1. The SMILES string of the molecule is CC(NCc1cc(Br)c2c(c1)OCO2)c1ccco1. The molecule has 0 radical (unpaired) electrons. The van der Waals surface area contributed by atoms with Gasteiger partial charge in [0.05, 0.1) is 16.8 Å². The molecule has 1 aliphatic heterocycles. The third-order valence-corrected chi connectivity index (χ3v) is 3.66. The lowest BCUT2D eigenvalue weighted by atomic mass is 10.2. The van der Waals surface area contributed by atoms with E-state index in [0.29, 0.717) is 0 Å². The van der Waals surface area contributed by atoms with E-state index in [0.717, 1.165) is 33.8 Å². The summed E-state index contributed by atoms with van der Waals surface area (Å²) in [5.74, 6) is 2.50. The smallest absolute Gasteiger partial charge is 0.231 e. The fourth-order valence-electron chi connectivity index (χ4n) is 2.03. The zero-order chi connectivity index (χ0) is 13.2. The Morgan fingerprint density at radius 3 is 3.05 bits per heavy atom. The van der Waals surface area contributed by atoms with Gasteiger partial charge in [-0.25, -0.2) is 0 Å². The van der Waals surface area contributed by atoms with Gasteiger partial charge in [0.15, 0.2) is 11.5 Å². The predicted octanol–water partition coefficient (Wildman–Crippen LogP) is 3.62. The highest BCUT2D eigenvalue weighted by atomic mass is 79.9. The molecule has 19 heavy (non-hydrogen) atoms. The van der Waals surface area contributed by atoms with Crippen LogP contribution in [-0.4, -0.2) is 6.79 Å². The number of furan rings is 1. The zero-order valence-corrected chi connectivity index (χ0v) is 12.1. The zero-order valence-electron chi connectivity index (χ0n) is 10.5. The largest absolute Gasteiger partial charge is 0.468 e. The summed E-state index contributed by atoms with van der Waals surface area (Å²) in [4.78, 5) is 0. The molecule has 1 aromatic heterocycles. The Hall–Kier alpha value is -1.46. The maximum atomic E-state index is 5.40. The summed E-state index contributed by atoms with van der Waals surface area (Å²) >= 11 is 3.49.